The topological polar surface area (TPSA) is 79.6 Å². The van der Waals surface area contributed by atoms with Crippen molar-refractivity contribution in [2.75, 3.05) is 13.1 Å². The summed E-state index contributed by atoms with van der Waals surface area (Å²) in [5, 5.41) is 17.2. The molecule has 0 fully saturated rings. The number of nitro benzene ring substituents is 1. The van der Waals surface area contributed by atoms with Gasteiger partial charge in [-0.1, -0.05) is 11.6 Å². The van der Waals surface area contributed by atoms with Gasteiger partial charge in [0, 0.05) is 31.8 Å². The van der Waals surface area contributed by atoms with Crippen molar-refractivity contribution < 1.29 is 4.92 Å². The molecule has 2 N–H and O–H groups in total. The zero-order chi connectivity index (χ0) is 13.0. The van der Waals surface area contributed by atoms with E-state index in [0.29, 0.717) is 11.6 Å². The maximum absolute atomic E-state index is 10.6. The van der Waals surface area contributed by atoms with E-state index in [2.05, 4.69) is 15.6 Å². The summed E-state index contributed by atoms with van der Waals surface area (Å²) >= 11 is 5.99. The predicted molar refractivity (Wildman–Crippen MR) is 85.3 cm³/mol. The van der Waals surface area contributed by atoms with Crippen LogP contribution in [0.15, 0.2) is 23.2 Å². The van der Waals surface area contributed by atoms with Crippen molar-refractivity contribution in [3.05, 3.63) is 38.9 Å². The van der Waals surface area contributed by atoms with E-state index in [1.807, 2.05) is 0 Å². The molecule has 0 aliphatic carbocycles. The number of guanidine groups is 1. The van der Waals surface area contributed by atoms with Crippen molar-refractivity contribution in [3.8, 4) is 0 Å². The highest BCUT2D eigenvalue weighted by molar-refractivity contribution is 14.0. The fourth-order valence-electron chi connectivity index (χ4n) is 1.62. The fraction of sp³-hybridized carbons (Fsp3) is 0.364. The molecule has 1 heterocycles. The molecule has 0 saturated heterocycles. The number of rotatable bonds is 3. The second kappa shape index (κ2) is 7.49. The molecule has 0 unspecified atom stereocenters. The summed E-state index contributed by atoms with van der Waals surface area (Å²) < 4.78 is 0. The number of non-ortho nitro benzene ring substituents is 1. The minimum absolute atomic E-state index is 0. The van der Waals surface area contributed by atoms with Crippen molar-refractivity contribution >= 4 is 47.2 Å². The lowest BCUT2D eigenvalue weighted by Crippen LogP contribution is -2.40. The van der Waals surface area contributed by atoms with Crippen LogP contribution in [0.3, 0.4) is 0 Å². The Morgan fingerprint density at radius 2 is 2.32 bits per heavy atom. The molecule has 0 amide bonds. The van der Waals surface area contributed by atoms with Crippen LogP contribution in [0.25, 0.3) is 0 Å². The van der Waals surface area contributed by atoms with Crippen molar-refractivity contribution in [2.45, 2.75) is 13.0 Å². The van der Waals surface area contributed by atoms with Crippen LogP contribution in [0.1, 0.15) is 12.0 Å². The molecular formula is C11H14ClIN4O2. The van der Waals surface area contributed by atoms with E-state index < -0.39 is 4.92 Å². The number of halogens is 2. The third kappa shape index (κ3) is 4.50. The maximum Gasteiger partial charge on any atom is 0.270 e. The van der Waals surface area contributed by atoms with E-state index >= 15 is 0 Å². The molecule has 0 spiro atoms. The van der Waals surface area contributed by atoms with Crippen molar-refractivity contribution in [1.29, 1.82) is 0 Å². The third-order valence-corrected chi connectivity index (χ3v) is 2.94. The molecule has 19 heavy (non-hydrogen) atoms. The number of aliphatic imine (C=N–C) groups is 1. The zero-order valence-electron chi connectivity index (χ0n) is 10.1. The number of nitro groups is 1. The smallest absolute Gasteiger partial charge is 0.270 e. The Kier molecular flexibility index (Phi) is 6.29. The third-order valence-electron chi connectivity index (χ3n) is 2.59. The van der Waals surface area contributed by atoms with Crippen LogP contribution in [-0.4, -0.2) is 24.0 Å². The molecular weight excluding hydrogens is 383 g/mol. The Balaban J connectivity index is 0.00000180. The van der Waals surface area contributed by atoms with E-state index in [-0.39, 0.29) is 29.7 Å². The summed E-state index contributed by atoms with van der Waals surface area (Å²) in [4.78, 5) is 14.4. The molecule has 1 aromatic rings. The minimum atomic E-state index is -0.462. The van der Waals surface area contributed by atoms with Crippen LogP contribution < -0.4 is 10.6 Å². The largest absolute Gasteiger partial charge is 0.356 e. The monoisotopic (exact) mass is 396 g/mol. The van der Waals surface area contributed by atoms with Crippen molar-refractivity contribution in [1.82, 2.24) is 10.6 Å². The van der Waals surface area contributed by atoms with Gasteiger partial charge in [0.2, 0.25) is 0 Å². The summed E-state index contributed by atoms with van der Waals surface area (Å²) in [5.41, 5.74) is 0.800. The van der Waals surface area contributed by atoms with E-state index in [0.717, 1.165) is 31.0 Å². The number of benzene rings is 1. The first-order valence-corrected chi connectivity index (χ1v) is 5.99. The Bertz CT molecular complexity index is 496. The second-order valence-corrected chi connectivity index (χ2v) is 4.30. The Morgan fingerprint density at radius 3 is 2.89 bits per heavy atom. The minimum Gasteiger partial charge on any atom is -0.356 e. The first-order valence-electron chi connectivity index (χ1n) is 5.62. The average molecular weight is 397 g/mol. The summed E-state index contributed by atoms with van der Waals surface area (Å²) in [6, 6.07) is 4.45. The quantitative estimate of drug-likeness (QED) is 0.467. The highest BCUT2D eigenvalue weighted by Gasteiger charge is 2.10. The highest BCUT2D eigenvalue weighted by atomic mass is 127. The second-order valence-electron chi connectivity index (χ2n) is 3.90. The van der Waals surface area contributed by atoms with Gasteiger partial charge in [0.1, 0.15) is 0 Å². The number of nitrogens with one attached hydrogen (secondary N) is 2. The van der Waals surface area contributed by atoms with Gasteiger partial charge < -0.3 is 10.6 Å². The SMILES string of the molecule is I.O=[N+]([O-])c1ccc(CNC2=NCCCN2)c(Cl)c1. The average Bonchev–Trinajstić information content (AvgIpc) is 2.38. The van der Waals surface area contributed by atoms with Crippen molar-refractivity contribution in [3.63, 3.8) is 0 Å². The molecule has 0 atom stereocenters. The normalized spacial score (nSPS) is 13.8. The number of hydrogen-bond acceptors (Lipinski definition) is 5. The van der Waals surface area contributed by atoms with Crippen LogP contribution in [0, 0.1) is 10.1 Å². The number of hydrogen-bond donors (Lipinski definition) is 2. The Morgan fingerprint density at radius 1 is 1.53 bits per heavy atom. The zero-order valence-corrected chi connectivity index (χ0v) is 13.1. The first kappa shape index (κ1) is 16.0. The maximum atomic E-state index is 10.6. The van der Waals surface area contributed by atoms with Gasteiger partial charge in [-0.3, -0.25) is 15.1 Å². The molecule has 1 aromatic carbocycles. The molecule has 2 rings (SSSR count). The predicted octanol–water partition coefficient (Wildman–Crippen LogP) is 2.31. The molecule has 1 aliphatic heterocycles. The standard InChI is InChI=1S/C11H13ClN4O2.HI/c12-10-6-9(16(17)18)3-2-8(10)7-15-11-13-4-1-5-14-11;/h2-3,6H,1,4-5,7H2,(H2,13,14,15);1H. The molecule has 8 heteroatoms. The molecule has 0 saturated carbocycles. The van der Waals surface area contributed by atoms with Crippen molar-refractivity contribution in [2.24, 2.45) is 4.99 Å². The van der Waals surface area contributed by atoms with E-state index in [1.54, 1.807) is 6.07 Å². The van der Waals surface area contributed by atoms with Gasteiger partial charge in [0.25, 0.3) is 5.69 Å². The molecule has 104 valence electrons. The highest BCUT2D eigenvalue weighted by Crippen LogP contribution is 2.22. The molecule has 0 radical (unpaired) electrons. The van der Waals surface area contributed by atoms with Gasteiger partial charge in [-0.2, -0.15) is 0 Å². The van der Waals surface area contributed by atoms with Gasteiger partial charge >= 0.3 is 0 Å². The Hall–Kier alpha value is -1.09. The summed E-state index contributed by atoms with van der Waals surface area (Å²) in [6.07, 6.45) is 1.03. The first-order chi connectivity index (χ1) is 8.66. The van der Waals surface area contributed by atoms with Crippen LogP contribution in [0.4, 0.5) is 5.69 Å². The van der Waals surface area contributed by atoms with E-state index in [4.69, 9.17) is 11.6 Å². The summed E-state index contributed by atoms with van der Waals surface area (Å²) in [5.74, 6) is 0.746. The molecule has 1 aliphatic rings. The summed E-state index contributed by atoms with van der Waals surface area (Å²) in [6.45, 7) is 2.20. The van der Waals surface area contributed by atoms with Gasteiger partial charge in [0.05, 0.1) is 9.95 Å². The molecule has 0 aromatic heterocycles. The van der Waals surface area contributed by atoms with Crippen LogP contribution in [0.2, 0.25) is 5.02 Å². The van der Waals surface area contributed by atoms with E-state index in [9.17, 15) is 10.1 Å². The van der Waals surface area contributed by atoms with E-state index in [1.165, 1.54) is 12.1 Å². The van der Waals surface area contributed by atoms with Crippen LogP contribution in [0.5, 0.6) is 0 Å². The van der Waals surface area contributed by atoms with Crippen LogP contribution >= 0.6 is 35.6 Å². The Labute approximate surface area is 132 Å². The number of nitrogens with zero attached hydrogens (tertiary/aromatic N) is 2. The molecule has 6 nitrogen and oxygen atoms in total. The lowest BCUT2D eigenvalue weighted by atomic mass is 10.2. The van der Waals surface area contributed by atoms with Gasteiger partial charge in [-0.25, -0.2) is 0 Å². The lowest BCUT2D eigenvalue weighted by molar-refractivity contribution is -0.384. The summed E-state index contributed by atoms with van der Waals surface area (Å²) in [7, 11) is 0. The fourth-order valence-corrected chi connectivity index (χ4v) is 1.86. The van der Waals surface area contributed by atoms with Gasteiger partial charge in [-0.05, 0) is 18.1 Å². The van der Waals surface area contributed by atoms with Gasteiger partial charge in [0.15, 0.2) is 5.96 Å². The van der Waals surface area contributed by atoms with Gasteiger partial charge in [-0.15, -0.1) is 24.0 Å². The lowest BCUT2D eigenvalue weighted by Gasteiger charge is -2.16. The van der Waals surface area contributed by atoms with Crippen LogP contribution in [-0.2, 0) is 6.54 Å². The molecule has 0 bridgehead atoms.